The first-order chi connectivity index (χ1) is 10.1. The van der Waals surface area contributed by atoms with Crippen LogP contribution < -0.4 is 4.74 Å². The Morgan fingerprint density at radius 2 is 1.64 bits per heavy atom. The van der Waals surface area contributed by atoms with Crippen molar-refractivity contribution in [2.24, 2.45) is 10.8 Å². The standard InChI is InChI=1S/C20H32O2/c1-19(2,3)13-12-17(20(4,5)6)18(22-8)15-10-9-11-16(14-15)21-7/h9-11,14H,12-13H2,1-8H3/b18-17-. The number of ether oxygens (including phenoxy) is 2. The number of methoxy groups -OCH3 is 2. The second-order valence-electron chi connectivity index (χ2n) is 8.05. The minimum absolute atomic E-state index is 0.0691. The van der Waals surface area contributed by atoms with Gasteiger partial charge in [0.05, 0.1) is 14.2 Å². The lowest BCUT2D eigenvalue weighted by Crippen LogP contribution is -2.16. The van der Waals surface area contributed by atoms with Gasteiger partial charge in [-0.15, -0.1) is 0 Å². The van der Waals surface area contributed by atoms with E-state index in [0.717, 1.165) is 29.9 Å². The Bertz CT molecular complexity index is 513. The van der Waals surface area contributed by atoms with Crippen LogP contribution >= 0.6 is 0 Å². The zero-order chi connectivity index (χ0) is 17.0. The molecule has 2 heteroatoms. The van der Waals surface area contributed by atoms with Crippen molar-refractivity contribution < 1.29 is 9.47 Å². The number of allylic oxidation sites excluding steroid dienone is 1. The number of hydrogen-bond donors (Lipinski definition) is 0. The van der Waals surface area contributed by atoms with Crippen molar-refractivity contribution in [3.63, 3.8) is 0 Å². The van der Waals surface area contributed by atoms with E-state index < -0.39 is 0 Å². The average molecular weight is 304 g/mol. The summed E-state index contributed by atoms with van der Waals surface area (Å²) in [7, 11) is 3.46. The highest BCUT2D eigenvalue weighted by Gasteiger charge is 2.25. The molecule has 0 aromatic heterocycles. The highest BCUT2D eigenvalue weighted by molar-refractivity contribution is 5.65. The van der Waals surface area contributed by atoms with Crippen molar-refractivity contribution in [3.05, 3.63) is 35.4 Å². The maximum atomic E-state index is 5.81. The van der Waals surface area contributed by atoms with Gasteiger partial charge in [-0.3, -0.25) is 0 Å². The van der Waals surface area contributed by atoms with E-state index in [-0.39, 0.29) is 5.41 Å². The van der Waals surface area contributed by atoms with Crippen LogP contribution in [0.25, 0.3) is 5.76 Å². The SMILES string of the molecule is CO/C(=C(/CCC(C)(C)C)C(C)(C)C)c1cccc(OC)c1. The van der Waals surface area contributed by atoms with Crippen LogP contribution in [0.4, 0.5) is 0 Å². The van der Waals surface area contributed by atoms with E-state index in [1.807, 2.05) is 18.2 Å². The Labute approximate surface area is 136 Å². The fourth-order valence-electron chi connectivity index (χ4n) is 2.51. The third-order valence-corrected chi connectivity index (χ3v) is 3.84. The van der Waals surface area contributed by atoms with E-state index >= 15 is 0 Å². The lowest BCUT2D eigenvalue weighted by atomic mass is 9.78. The lowest BCUT2D eigenvalue weighted by molar-refractivity contribution is 0.329. The fraction of sp³-hybridized carbons (Fsp3) is 0.600. The van der Waals surface area contributed by atoms with E-state index in [1.165, 1.54) is 5.57 Å². The molecule has 0 N–H and O–H groups in total. The molecule has 0 aliphatic rings. The van der Waals surface area contributed by atoms with Crippen molar-refractivity contribution in [1.82, 2.24) is 0 Å². The van der Waals surface area contributed by atoms with Gasteiger partial charge in [0.15, 0.2) is 0 Å². The Kier molecular flexibility index (Phi) is 6.10. The molecule has 0 heterocycles. The Morgan fingerprint density at radius 3 is 2.09 bits per heavy atom. The molecule has 0 spiro atoms. The van der Waals surface area contributed by atoms with E-state index in [2.05, 4.69) is 47.6 Å². The molecule has 124 valence electrons. The molecule has 0 bridgehead atoms. The molecule has 0 saturated heterocycles. The van der Waals surface area contributed by atoms with Crippen LogP contribution in [0.15, 0.2) is 29.8 Å². The van der Waals surface area contributed by atoms with Gasteiger partial charge in [-0.05, 0) is 41.4 Å². The van der Waals surface area contributed by atoms with Crippen LogP contribution in [0.2, 0.25) is 0 Å². The summed E-state index contributed by atoms with van der Waals surface area (Å²) in [6, 6.07) is 8.10. The summed E-state index contributed by atoms with van der Waals surface area (Å²) in [5, 5.41) is 0. The third-order valence-electron chi connectivity index (χ3n) is 3.84. The van der Waals surface area contributed by atoms with Gasteiger partial charge in [0.25, 0.3) is 0 Å². The van der Waals surface area contributed by atoms with E-state index in [9.17, 15) is 0 Å². The number of hydrogen-bond acceptors (Lipinski definition) is 2. The Morgan fingerprint density at radius 1 is 1.00 bits per heavy atom. The average Bonchev–Trinajstić information content (AvgIpc) is 2.41. The van der Waals surface area contributed by atoms with E-state index in [4.69, 9.17) is 9.47 Å². The van der Waals surface area contributed by atoms with E-state index in [0.29, 0.717) is 5.41 Å². The Hall–Kier alpha value is -1.44. The molecule has 0 saturated carbocycles. The smallest absolute Gasteiger partial charge is 0.125 e. The maximum absolute atomic E-state index is 5.81. The molecule has 1 aromatic carbocycles. The first kappa shape index (κ1) is 18.6. The summed E-state index contributed by atoms with van der Waals surface area (Å²) in [6.45, 7) is 13.6. The van der Waals surface area contributed by atoms with Gasteiger partial charge < -0.3 is 9.47 Å². The molecule has 22 heavy (non-hydrogen) atoms. The van der Waals surface area contributed by atoms with Crippen LogP contribution in [0.3, 0.4) is 0 Å². The molecule has 0 unspecified atom stereocenters. The van der Waals surface area contributed by atoms with Gasteiger partial charge >= 0.3 is 0 Å². The molecule has 0 atom stereocenters. The molecule has 0 aliphatic heterocycles. The monoisotopic (exact) mass is 304 g/mol. The van der Waals surface area contributed by atoms with Gasteiger partial charge in [-0.1, -0.05) is 53.7 Å². The summed E-state index contributed by atoms with van der Waals surface area (Å²) >= 11 is 0. The van der Waals surface area contributed by atoms with E-state index in [1.54, 1.807) is 14.2 Å². The number of rotatable bonds is 5. The molecule has 2 nitrogen and oxygen atoms in total. The largest absolute Gasteiger partial charge is 0.497 e. The van der Waals surface area contributed by atoms with Gasteiger partial charge in [-0.2, -0.15) is 0 Å². The Balaban J connectivity index is 3.31. The van der Waals surface area contributed by atoms with Crippen LogP contribution in [0.1, 0.15) is 59.9 Å². The maximum Gasteiger partial charge on any atom is 0.125 e. The highest BCUT2D eigenvalue weighted by atomic mass is 16.5. The molecular formula is C20H32O2. The first-order valence-corrected chi connectivity index (χ1v) is 8.00. The van der Waals surface area contributed by atoms with Crippen LogP contribution in [-0.4, -0.2) is 14.2 Å². The van der Waals surface area contributed by atoms with Crippen molar-refractivity contribution in [3.8, 4) is 5.75 Å². The van der Waals surface area contributed by atoms with Gasteiger partial charge in [0.2, 0.25) is 0 Å². The van der Waals surface area contributed by atoms with Crippen molar-refractivity contribution >= 4 is 5.76 Å². The summed E-state index contributed by atoms with van der Waals surface area (Å²) in [5.41, 5.74) is 2.82. The fourth-order valence-corrected chi connectivity index (χ4v) is 2.51. The zero-order valence-electron chi connectivity index (χ0n) is 15.5. The molecule has 0 fully saturated rings. The molecule has 0 amide bonds. The quantitative estimate of drug-likeness (QED) is 0.628. The van der Waals surface area contributed by atoms with Crippen molar-refractivity contribution in [2.45, 2.75) is 54.4 Å². The summed E-state index contributed by atoms with van der Waals surface area (Å²) in [4.78, 5) is 0. The summed E-state index contributed by atoms with van der Waals surface area (Å²) in [5.74, 6) is 1.84. The minimum atomic E-state index is 0.0691. The third kappa shape index (κ3) is 5.40. The summed E-state index contributed by atoms with van der Waals surface area (Å²) < 4.78 is 11.2. The normalized spacial score (nSPS) is 13.6. The van der Waals surface area contributed by atoms with Crippen molar-refractivity contribution in [2.75, 3.05) is 14.2 Å². The van der Waals surface area contributed by atoms with Crippen molar-refractivity contribution in [1.29, 1.82) is 0 Å². The van der Waals surface area contributed by atoms with Gasteiger partial charge in [-0.25, -0.2) is 0 Å². The first-order valence-electron chi connectivity index (χ1n) is 8.00. The predicted octanol–water partition coefficient (Wildman–Crippen LogP) is 5.93. The van der Waals surface area contributed by atoms with Crippen LogP contribution in [0.5, 0.6) is 5.75 Å². The second kappa shape index (κ2) is 7.21. The molecule has 1 aromatic rings. The van der Waals surface area contributed by atoms with Gasteiger partial charge in [0, 0.05) is 5.56 Å². The van der Waals surface area contributed by atoms with Crippen LogP contribution in [-0.2, 0) is 4.74 Å². The minimum Gasteiger partial charge on any atom is -0.497 e. The van der Waals surface area contributed by atoms with Gasteiger partial charge in [0.1, 0.15) is 11.5 Å². The highest BCUT2D eigenvalue weighted by Crippen LogP contribution is 2.39. The molecule has 1 rings (SSSR count). The molecule has 0 aliphatic carbocycles. The molecule has 0 radical (unpaired) electrons. The molecular weight excluding hydrogens is 272 g/mol. The topological polar surface area (TPSA) is 18.5 Å². The summed E-state index contributed by atoms with van der Waals surface area (Å²) in [6.07, 6.45) is 2.17. The predicted molar refractivity (Wildman–Crippen MR) is 95.1 cm³/mol. The zero-order valence-corrected chi connectivity index (χ0v) is 15.5. The second-order valence-corrected chi connectivity index (χ2v) is 8.05. The lowest BCUT2D eigenvalue weighted by Gasteiger charge is -2.29. The number of benzene rings is 1. The van der Waals surface area contributed by atoms with Crippen LogP contribution in [0, 0.1) is 10.8 Å².